The number of rotatable bonds is 3. The van der Waals surface area contributed by atoms with E-state index in [9.17, 15) is 9.90 Å². The first-order valence-corrected chi connectivity index (χ1v) is 6.55. The van der Waals surface area contributed by atoms with Crippen molar-refractivity contribution in [2.45, 2.75) is 38.8 Å². The number of nitrogens with zero attached hydrogens (tertiary/aromatic N) is 1. The Labute approximate surface area is 114 Å². The summed E-state index contributed by atoms with van der Waals surface area (Å²) in [6, 6.07) is 8.01. The lowest BCUT2D eigenvalue weighted by Crippen LogP contribution is -2.35. The van der Waals surface area contributed by atoms with Crippen LogP contribution < -0.4 is 0 Å². The Morgan fingerprint density at radius 3 is 2.47 bits per heavy atom. The molecule has 1 heterocycles. The van der Waals surface area contributed by atoms with E-state index in [1.165, 1.54) is 5.56 Å². The second-order valence-corrected chi connectivity index (χ2v) is 5.99. The van der Waals surface area contributed by atoms with E-state index in [4.69, 9.17) is 4.74 Å². The summed E-state index contributed by atoms with van der Waals surface area (Å²) in [5.41, 5.74) is 2.43. The zero-order valence-corrected chi connectivity index (χ0v) is 11.7. The zero-order valence-electron chi connectivity index (χ0n) is 11.7. The van der Waals surface area contributed by atoms with Crippen LogP contribution in [0.5, 0.6) is 0 Å². The standard InChI is InChI=1S/C15H21NO3/c1-15(2,3)12-6-4-11(5-7-12)8-16-13(9-17)10-19-14(16)18/h4-7,13,17H,8-10H2,1-3H3. The molecule has 1 aromatic rings. The van der Waals surface area contributed by atoms with Crippen LogP contribution in [-0.4, -0.2) is 35.4 Å². The van der Waals surface area contributed by atoms with Gasteiger partial charge in [0.15, 0.2) is 0 Å². The fraction of sp³-hybridized carbons (Fsp3) is 0.533. The molecule has 0 aromatic heterocycles. The number of hydrogen-bond acceptors (Lipinski definition) is 3. The summed E-state index contributed by atoms with van der Waals surface area (Å²) in [6.07, 6.45) is -0.348. The van der Waals surface area contributed by atoms with Gasteiger partial charge in [0.1, 0.15) is 6.61 Å². The van der Waals surface area contributed by atoms with Gasteiger partial charge in [-0.25, -0.2) is 4.79 Å². The van der Waals surface area contributed by atoms with E-state index < -0.39 is 0 Å². The van der Waals surface area contributed by atoms with E-state index in [1.54, 1.807) is 4.90 Å². The van der Waals surface area contributed by atoms with Crippen LogP contribution in [0.3, 0.4) is 0 Å². The Kier molecular flexibility index (Phi) is 3.80. The van der Waals surface area contributed by atoms with Gasteiger partial charge in [0.2, 0.25) is 0 Å². The maximum absolute atomic E-state index is 11.6. The molecular formula is C15H21NO3. The average molecular weight is 263 g/mol. The normalized spacial score (nSPS) is 19.7. The quantitative estimate of drug-likeness (QED) is 0.910. The van der Waals surface area contributed by atoms with Crippen LogP contribution in [-0.2, 0) is 16.7 Å². The van der Waals surface area contributed by atoms with Crippen molar-refractivity contribution in [3.05, 3.63) is 35.4 Å². The molecule has 1 fully saturated rings. The van der Waals surface area contributed by atoms with Crippen LogP contribution in [0.4, 0.5) is 4.79 Å². The minimum Gasteiger partial charge on any atom is -0.447 e. The van der Waals surface area contributed by atoms with E-state index in [0.717, 1.165) is 5.56 Å². The van der Waals surface area contributed by atoms with Gasteiger partial charge >= 0.3 is 6.09 Å². The van der Waals surface area contributed by atoms with E-state index in [2.05, 4.69) is 32.9 Å². The Balaban J connectivity index is 2.09. The molecule has 4 nitrogen and oxygen atoms in total. The van der Waals surface area contributed by atoms with Gasteiger partial charge in [0.05, 0.1) is 12.6 Å². The number of benzene rings is 1. The topological polar surface area (TPSA) is 49.8 Å². The van der Waals surface area contributed by atoms with Crippen molar-refractivity contribution in [2.75, 3.05) is 13.2 Å². The molecule has 2 rings (SSSR count). The molecule has 0 bridgehead atoms. The Bertz CT molecular complexity index is 447. The highest BCUT2D eigenvalue weighted by molar-refractivity contribution is 5.70. The summed E-state index contributed by atoms with van der Waals surface area (Å²) in [4.78, 5) is 13.1. The van der Waals surface area contributed by atoms with Gasteiger partial charge in [-0.3, -0.25) is 4.90 Å². The third kappa shape index (κ3) is 3.07. The molecule has 0 spiro atoms. The monoisotopic (exact) mass is 263 g/mol. The molecule has 1 unspecified atom stereocenters. The minimum atomic E-state index is -0.348. The van der Waals surface area contributed by atoms with Crippen LogP contribution in [0.1, 0.15) is 31.9 Å². The second-order valence-electron chi connectivity index (χ2n) is 5.99. The van der Waals surface area contributed by atoms with Gasteiger partial charge in [-0.05, 0) is 16.5 Å². The number of amides is 1. The Morgan fingerprint density at radius 2 is 1.95 bits per heavy atom. The first-order chi connectivity index (χ1) is 8.91. The summed E-state index contributed by atoms with van der Waals surface area (Å²) < 4.78 is 4.95. The van der Waals surface area contributed by atoms with Gasteiger partial charge in [0, 0.05) is 6.54 Å². The van der Waals surface area contributed by atoms with Gasteiger partial charge in [-0.15, -0.1) is 0 Å². The SMILES string of the molecule is CC(C)(C)c1ccc(CN2C(=O)OCC2CO)cc1. The van der Waals surface area contributed by atoms with Gasteiger partial charge in [-0.1, -0.05) is 45.0 Å². The van der Waals surface area contributed by atoms with Gasteiger partial charge in [0.25, 0.3) is 0 Å². The number of aliphatic hydroxyl groups excluding tert-OH is 1. The first-order valence-electron chi connectivity index (χ1n) is 6.55. The Hall–Kier alpha value is -1.55. The van der Waals surface area contributed by atoms with E-state index in [1.807, 2.05) is 12.1 Å². The smallest absolute Gasteiger partial charge is 0.410 e. The maximum Gasteiger partial charge on any atom is 0.410 e. The molecule has 19 heavy (non-hydrogen) atoms. The third-order valence-corrected chi connectivity index (χ3v) is 3.46. The van der Waals surface area contributed by atoms with Gasteiger partial charge in [-0.2, -0.15) is 0 Å². The van der Waals surface area contributed by atoms with E-state index in [0.29, 0.717) is 6.54 Å². The summed E-state index contributed by atoms with van der Waals surface area (Å²) >= 11 is 0. The third-order valence-electron chi connectivity index (χ3n) is 3.46. The van der Waals surface area contributed by atoms with Crippen molar-refractivity contribution in [1.82, 2.24) is 4.90 Å². The average Bonchev–Trinajstić information content (AvgIpc) is 2.70. The molecule has 1 aliphatic heterocycles. The fourth-order valence-corrected chi connectivity index (χ4v) is 2.14. The largest absolute Gasteiger partial charge is 0.447 e. The van der Waals surface area contributed by atoms with Gasteiger partial charge < -0.3 is 9.84 Å². The number of carbonyl (C=O) groups excluding carboxylic acids is 1. The highest BCUT2D eigenvalue weighted by atomic mass is 16.6. The maximum atomic E-state index is 11.6. The van der Waals surface area contributed by atoms with Crippen LogP contribution >= 0.6 is 0 Å². The highest BCUT2D eigenvalue weighted by Crippen LogP contribution is 2.23. The van der Waals surface area contributed by atoms with E-state index in [-0.39, 0.29) is 30.8 Å². The predicted octanol–water partition coefficient (Wildman–Crippen LogP) is 2.30. The first kappa shape index (κ1) is 13.9. The summed E-state index contributed by atoms with van der Waals surface area (Å²) in [5, 5.41) is 9.21. The molecule has 1 amide bonds. The van der Waals surface area contributed by atoms with Crippen molar-refractivity contribution in [3.63, 3.8) is 0 Å². The molecule has 1 N–H and O–H groups in total. The lowest BCUT2D eigenvalue weighted by molar-refractivity contribution is 0.151. The van der Waals surface area contributed by atoms with Crippen LogP contribution in [0.2, 0.25) is 0 Å². The molecule has 0 saturated carbocycles. The molecule has 1 saturated heterocycles. The lowest BCUT2D eigenvalue weighted by Gasteiger charge is -2.21. The predicted molar refractivity (Wildman–Crippen MR) is 72.9 cm³/mol. The van der Waals surface area contributed by atoms with Crippen molar-refractivity contribution >= 4 is 6.09 Å². The van der Waals surface area contributed by atoms with E-state index >= 15 is 0 Å². The number of aliphatic hydroxyl groups is 1. The molecule has 1 atom stereocenters. The molecule has 0 radical (unpaired) electrons. The number of ether oxygens (including phenoxy) is 1. The molecular weight excluding hydrogens is 242 g/mol. The van der Waals surface area contributed by atoms with Crippen LogP contribution in [0.25, 0.3) is 0 Å². The highest BCUT2D eigenvalue weighted by Gasteiger charge is 2.32. The summed E-state index contributed by atoms with van der Waals surface area (Å²) in [5.74, 6) is 0. The van der Waals surface area contributed by atoms with Crippen molar-refractivity contribution in [2.24, 2.45) is 0 Å². The lowest BCUT2D eigenvalue weighted by atomic mass is 9.87. The second kappa shape index (κ2) is 5.21. The molecule has 0 aliphatic carbocycles. The number of hydrogen-bond donors (Lipinski definition) is 1. The Morgan fingerprint density at radius 1 is 1.32 bits per heavy atom. The zero-order chi connectivity index (χ0) is 14.0. The number of carbonyl (C=O) groups is 1. The molecule has 1 aliphatic rings. The summed E-state index contributed by atoms with van der Waals surface area (Å²) in [7, 11) is 0. The minimum absolute atomic E-state index is 0.0637. The molecule has 4 heteroatoms. The molecule has 104 valence electrons. The number of cyclic esters (lactones) is 1. The van der Waals surface area contributed by atoms with Crippen molar-refractivity contribution < 1.29 is 14.6 Å². The van der Waals surface area contributed by atoms with Crippen molar-refractivity contribution in [3.8, 4) is 0 Å². The fourth-order valence-electron chi connectivity index (χ4n) is 2.14. The summed E-state index contributed by atoms with van der Waals surface area (Å²) in [6.45, 7) is 7.20. The van der Waals surface area contributed by atoms with Crippen LogP contribution in [0.15, 0.2) is 24.3 Å². The van der Waals surface area contributed by atoms with Crippen molar-refractivity contribution in [1.29, 1.82) is 0 Å². The molecule has 1 aromatic carbocycles. The van der Waals surface area contributed by atoms with Crippen LogP contribution in [0, 0.1) is 0 Å².